The predicted molar refractivity (Wildman–Crippen MR) is 104 cm³/mol. The van der Waals surface area contributed by atoms with Gasteiger partial charge >= 0.3 is 7.82 Å². The molecule has 4 rings (SSSR count). The van der Waals surface area contributed by atoms with E-state index >= 15 is 0 Å². The molecule has 0 radical (unpaired) electrons. The smallest absolute Gasteiger partial charge is 0.469 e. The molecule has 3 atom stereocenters. The third kappa shape index (κ3) is 4.11. The largest absolute Gasteiger partial charge is 0.619 e. The van der Waals surface area contributed by atoms with Crippen molar-refractivity contribution in [2.24, 2.45) is 11.3 Å². The molecule has 1 saturated carbocycles. The van der Waals surface area contributed by atoms with Gasteiger partial charge in [-0.25, -0.2) is 14.2 Å². The maximum Gasteiger partial charge on any atom is 0.469 e. The van der Waals surface area contributed by atoms with E-state index in [1.54, 1.807) is 4.68 Å². The fourth-order valence-electron chi connectivity index (χ4n) is 3.85. The third-order valence-electron chi connectivity index (χ3n) is 5.62. The Balaban J connectivity index is 1.64. The number of amides is 1. The summed E-state index contributed by atoms with van der Waals surface area (Å²) in [5, 5.41) is 19.0. The van der Waals surface area contributed by atoms with Gasteiger partial charge < -0.3 is 20.3 Å². The third-order valence-corrected chi connectivity index (χ3v) is 6.10. The Morgan fingerprint density at radius 2 is 2.23 bits per heavy atom. The van der Waals surface area contributed by atoms with E-state index in [0.29, 0.717) is 22.4 Å². The van der Waals surface area contributed by atoms with Crippen LogP contribution in [-0.2, 0) is 15.5 Å². The monoisotopic (exact) mass is 437 g/mol. The molecule has 1 amide bonds. The van der Waals surface area contributed by atoms with Gasteiger partial charge in [0.05, 0.1) is 24.5 Å². The number of nitrogens with zero attached hydrogens (tertiary/aromatic N) is 4. The fraction of sp³-hybridized carbons (Fsp3) is 0.556. The molecule has 2 aliphatic rings. The molecule has 2 heterocycles. The Labute approximate surface area is 172 Å². The Kier molecular flexibility index (Phi) is 4.97. The number of hydrogen-bond donors (Lipinski definition) is 3. The first-order valence-electron chi connectivity index (χ1n) is 9.62. The van der Waals surface area contributed by atoms with Crippen molar-refractivity contribution >= 4 is 13.7 Å². The highest BCUT2D eigenvalue weighted by molar-refractivity contribution is 7.46. The van der Waals surface area contributed by atoms with Crippen LogP contribution in [0.25, 0.3) is 5.82 Å². The summed E-state index contributed by atoms with van der Waals surface area (Å²) in [5.74, 6) is 0.655. The molecule has 0 saturated heterocycles. The standard InChI is InChI=1S/C18H24N5O6P/c1-18(2,3)13(9-29-30(26,27)28)20-17(24)15-12-7-10-6-11(10)16(12)23(21-15)14-8-22(25)5-4-19-14/h4-5,8,10-11,13H,6-7,9H2,1-3H3,(H,20,24)(H2,26,27,28)/t10-,11-,13-/m1/s1. The minimum Gasteiger partial charge on any atom is -0.619 e. The number of carbonyl (C=O) groups excluding carboxylic acids is 1. The summed E-state index contributed by atoms with van der Waals surface area (Å²) in [6, 6.07) is -0.659. The highest BCUT2D eigenvalue weighted by Gasteiger charge is 2.50. The minimum absolute atomic E-state index is 0.241. The molecule has 1 fully saturated rings. The van der Waals surface area contributed by atoms with Crippen LogP contribution in [0, 0.1) is 16.5 Å². The van der Waals surface area contributed by atoms with Gasteiger partial charge in [0.2, 0.25) is 12.0 Å². The van der Waals surface area contributed by atoms with Crippen LogP contribution in [0.15, 0.2) is 18.6 Å². The van der Waals surface area contributed by atoms with E-state index in [9.17, 15) is 14.6 Å². The Bertz CT molecular complexity index is 1040. The van der Waals surface area contributed by atoms with E-state index in [0.717, 1.165) is 24.1 Å². The fourth-order valence-corrected chi connectivity index (χ4v) is 4.20. The van der Waals surface area contributed by atoms with Crippen LogP contribution in [-0.4, -0.2) is 43.1 Å². The van der Waals surface area contributed by atoms with E-state index in [4.69, 9.17) is 9.79 Å². The predicted octanol–water partition coefficient (Wildman–Crippen LogP) is 0.814. The molecule has 0 aliphatic heterocycles. The van der Waals surface area contributed by atoms with Crippen molar-refractivity contribution in [1.29, 1.82) is 0 Å². The Morgan fingerprint density at radius 3 is 2.87 bits per heavy atom. The molecule has 0 spiro atoms. The zero-order chi connectivity index (χ0) is 21.8. The lowest BCUT2D eigenvalue weighted by Gasteiger charge is -2.31. The number of nitrogens with one attached hydrogen (secondary N) is 1. The second kappa shape index (κ2) is 7.12. The number of phosphoric acid groups is 1. The molecule has 162 valence electrons. The lowest BCUT2D eigenvalue weighted by atomic mass is 9.87. The molecule has 2 aromatic rings. The van der Waals surface area contributed by atoms with Gasteiger partial charge in [0, 0.05) is 11.5 Å². The summed E-state index contributed by atoms with van der Waals surface area (Å²) in [4.78, 5) is 35.4. The van der Waals surface area contributed by atoms with Gasteiger partial charge in [-0.1, -0.05) is 20.8 Å². The Hall–Kier alpha value is -2.33. The topological polar surface area (TPSA) is 154 Å². The molecule has 2 aromatic heterocycles. The van der Waals surface area contributed by atoms with Crippen molar-refractivity contribution in [3.8, 4) is 5.82 Å². The van der Waals surface area contributed by atoms with Gasteiger partial charge in [-0.15, -0.1) is 0 Å². The second-order valence-corrected chi connectivity index (χ2v) is 10.1. The molecule has 11 nitrogen and oxygen atoms in total. The number of fused-ring (bicyclic) bond motifs is 3. The van der Waals surface area contributed by atoms with Crippen LogP contribution in [0.4, 0.5) is 0 Å². The van der Waals surface area contributed by atoms with Gasteiger partial charge in [0.15, 0.2) is 11.9 Å². The van der Waals surface area contributed by atoms with Crippen LogP contribution in [0.1, 0.15) is 54.9 Å². The van der Waals surface area contributed by atoms with Crippen LogP contribution in [0.5, 0.6) is 0 Å². The molecule has 30 heavy (non-hydrogen) atoms. The van der Waals surface area contributed by atoms with E-state index in [-0.39, 0.29) is 12.3 Å². The molecule has 3 N–H and O–H groups in total. The summed E-state index contributed by atoms with van der Waals surface area (Å²) in [6.45, 7) is 5.16. The number of rotatable bonds is 6. The average Bonchev–Trinajstić information content (AvgIpc) is 3.12. The molecule has 2 aliphatic carbocycles. The maximum atomic E-state index is 13.1. The van der Waals surface area contributed by atoms with Crippen molar-refractivity contribution in [3.63, 3.8) is 0 Å². The molecule has 0 unspecified atom stereocenters. The van der Waals surface area contributed by atoms with E-state index < -0.39 is 25.2 Å². The molecular formula is C18H24N5O6P. The summed E-state index contributed by atoms with van der Waals surface area (Å²) >= 11 is 0. The SMILES string of the molecule is CC(C)(C)[C@@H](COP(=O)(O)O)NC(=O)c1nn(-c2c[n+]([O-])ccn2)c2c1C[C@H]1C[C@@H]21. The van der Waals surface area contributed by atoms with Crippen LogP contribution < -0.4 is 10.0 Å². The minimum atomic E-state index is -4.67. The number of aromatic nitrogens is 4. The van der Waals surface area contributed by atoms with Crippen molar-refractivity contribution in [2.75, 3.05) is 6.61 Å². The summed E-state index contributed by atoms with van der Waals surface area (Å²) in [6.07, 6.45) is 5.70. The lowest BCUT2D eigenvalue weighted by molar-refractivity contribution is -0.605. The van der Waals surface area contributed by atoms with Gasteiger partial charge in [0.25, 0.3) is 5.91 Å². The molecule has 12 heteroatoms. The zero-order valence-corrected chi connectivity index (χ0v) is 17.7. The van der Waals surface area contributed by atoms with Crippen LogP contribution in [0.2, 0.25) is 0 Å². The first-order valence-corrected chi connectivity index (χ1v) is 11.1. The number of carbonyl (C=O) groups is 1. The molecule has 0 aromatic carbocycles. The van der Waals surface area contributed by atoms with Crippen molar-refractivity contribution in [2.45, 2.75) is 45.6 Å². The lowest BCUT2D eigenvalue weighted by Crippen LogP contribution is -2.47. The van der Waals surface area contributed by atoms with Crippen molar-refractivity contribution < 1.29 is 28.4 Å². The van der Waals surface area contributed by atoms with Gasteiger partial charge in [0.1, 0.15) is 0 Å². The summed E-state index contributed by atoms with van der Waals surface area (Å²) in [5.41, 5.74) is 1.46. The Morgan fingerprint density at radius 1 is 1.50 bits per heavy atom. The van der Waals surface area contributed by atoms with Gasteiger partial charge in [-0.2, -0.15) is 9.83 Å². The zero-order valence-electron chi connectivity index (χ0n) is 16.8. The van der Waals surface area contributed by atoms with Gasteiger partial charge in [-0.3, -0.25) is 9.32 Å². The molecular weight excluding hydrogens is 413 g/mol. The van der Waals surface area contributed by atoms with Gasteiger partial charge in [-0.05, 0) is 24.2 Å². The van der Waals surface area contributed by atoms with Crippen LogP contribution in [0.3, 0.4) is 0 Å². The quantitative estimate of drug-likeness (QED) is 0.341. The van der Waals surface area contributed by atoms with Crippen LogP contribution >= 0.6 is 7.82 Å². The van der Waals surface area contributed by atoms with Crippen molar-refractivity contribution in [1.82, 2.24) is 20.1 Å². The van der Waals surface area contributed by atoms with E-state index in [1.807, 2.05) is 20.8 Å². The average molecular weight is 437 g/mol. The molecule has 0 bridgehead atoms. The highest BCUT2D eigenvalue weighted by atomic mass is 31.2. The summed E-state index contributed by atoms with van der Waals surface area (Å²) < 4.78 is 17.9. The number of phosphoric ester groups is 1. The summed E-state index contributed by atoms with van der Waals surface area (Å²) in [7, 11) is -4.67. The first-order chi connectivity index (χ1) is 13.9. The first kappa shape index (κ1) is 20.9. The highest BCUT2D eigenvalue weighted by Crippen LogP contribution is 2.57. The maximum absolute atomic E-state index is 13.1. The van der Waals surface area contributed by atoms with E-state index in [2.05, 4.69) is 19.9 Å². The normalized spacial score (nSPS) is 21.1. The van der Waals surface area contributed by atoms with Crippen molar-refractivity contribution in [3.05, 3.63) is 40.7 Å². The van der Waals surface area contributed by atoms with E-state index in [1.165, 1.54) is 18.6 Å². The number of hydrogen-bond acceptors (Lipinski definition) is 6. The second-order valence-electron chi connectivity index (χ2n) is 8.88.